The molecular weight excluding hydrogens is 328 g/mol. The Balaban J connectivity index is 1.40. The maximum atomic E-state index is 11.8. The van der Waals surface area contributed by atoms with Crippen LogP contribution in [0.15, 0.2) is 28.8 Å². The van der Waals surface area contributed by atoms with Crippen molar-refractivity contribution < 1.29 is 9.32 Å². The van der Waals surface area contributed by atoms with Crippen LogP contribution in [0.4, 0.5) is 0 Å². The minimum Gasteiger partial charge on any atom is -0.355 e. The van der Waals surface area contributed by atoms with E-state index in [-0.39, 0.29) is 5.91 Å². The molecule has 1 aliphatic rings. The topological polar surface area (TPSA) is 80.0 Å². The van der Waals surface area contributed by atoms with E-state index < -0.39 is 0 Å². The van der Waals surface area contributed by atoms with Crippen LogP contribution in [0.5, 0.6) is 0 Å². The molecule has 128 valence electrons. The monoisotopic (exact) mass is 348 g/mol. The van der Waals surface area contributed by atoms with E-state index in [1.54, 1.807) is 12.1 Å². The highest BCUT2D eigenvalue weighted by molar-refractivity contribution is 6.30. The van der Waals surface area contributed by atoms with E-state index in [0.717, 1.165) is 18.5 Å². The second-order valence-corrected chi connectivity index (χ2v) is 6.41. The molecule has 1 aromatic carbocycles. The van der Waals surface area contributed by atoms with Crippen molar-refractivity contribution in [2.45, 2.75) is 38.1 Å². The highest BCUT2D eigenvalue weighted by Crippen LogP contribution is 2.19. The molecule has 0 spiro atoms. The third kappa shape index (κ3) is 4.79. The fourth-order valence-corrected chi connectivity index (χ4v) is 2.86. The number of aryl methyl sites for hydroxylation is 1. The van der Waals surface area contributed by atoms with Crippen LogP contribution >= 0.6 is 11.6 Å². The molecule has 24 heavy (non-hydrogen) atoms. The SMILES string of the molecule is O=C(CCCc1nc(-c2ccc(Cl)cc2)no1)NCC1CCCN1. The van der Waals surface area contributed by atoms with Crippen molar-refractivity contribution in [2.24, 2.45) is 0 Å². The van der Waals surface area contributed by atoms with Gasteiger partial charge in [0.15, 0.2) is 0 Å². The molecule has 1 amide bonds. The number of halogens is 1. The van der Waals surface area contributed by atoms with Crippen molar-refractivity contribution in [1.29, 1.82) is 0 Å². The lowest BCUT2D eigenvalue weighted by molar-refractivity contribution is -0.121. The van der Waals surface area contributed by atoms with Crippen molar-refractivity contribution in [3.63, 3.8) is 0 Å². The quantitative estimate of drug-likeness (QED) is 0.803. The minimum absolute atomic E-state index is 0.0705. The van der Waals surface area contributed by atoms with Crippen LogP contribution in [-0.4, -0.2) is 35.2 Å². The van der Waals surface area contributed by atoms with E-state index >= 15 is 0 Å². The van der Waals surface area contributed by atoms with Crippen molar-refractivity contribution in [2.75, 3.05) is 13.1 Å². The summed E-state index contributed by atoms with van der Waals surface area (Å²) in [6, 6.07) is 7.70. The molecule has 0 aliphatic carbocycles. The summed E-state index contributed by atoms with van der Waals surface area (Å²) < 4.78 is 5.24. The van der Waals surface area contributed by atoms with E-state index in [9.17, 15) is 4.79 Å². The summed E-state index contributed by atoms with van der Waals surface area (Å²) in [5, 5.41) is 11.0. The van der Waals surface area contributed by atoms with Gasteiger partial charge in [0.2, 0.25) is 17.6 Å². The van der Waals surface area contributed by atoms with Gasteiger partial charge in [0.05, 0.1) is 0 Å². The average Bonchev–Trinajstić information content (AvgIpc) is 3.25. The smallest absolute Gasteiger partial charge is 0.226 e. The Morgan fingerprint density at radius 1 is 1.38 bits per heavy atom. The van der Waals surface area contributed by atoms with Crippen molar-refractivity contribution >= 4 is 17.5 Å². The summed E-state index contributed by atoms with van der Waals surface area (Å²) in [6.07, 6.45) is 4.07. The molecule has 1 aliphatic heterocycles. The zero-order valence-corrected chi connectivity index (χ0v) is 14.2. The third-order valence-electron chi connectivity index (χ3n) is 4.07. The number of nitrogens with one attached hydrogen (secondary N) is 2. The van der Waals surface area contributed by atoms with Gasteiger partial charge in [-0.05, 0) is 50.1 Å². The number of carbonyl (C=O) groups excluding carboxylic acids is 1. The maximum Gasteiger partial charge on any atom is 0.226 e. The fraction of sp³-hybridized carbons (Fsp3) is 0.471. The summed E-state index contributed by atoms with van der Waals surface area (Å²) in [4.78, 5) is 16.2. The number of benzene rings is 1. The van der Waals surface area contributed by atoms with E-state index in [4.69, 9.17) is 16.1 Å². The Morgan fingerprint density at radius 2 is 2.21 bits per heavy atom. The van der Waals surface area contributed by atoms with Gasteiger partial charge < -0.3 is 15.2 Å². The molecule has 2 heterocycles. The number of aromatic nitrogens is 2. The molecule has 0 bridgehead atoms. The predicted molar refractivity (Wildman–Crippen MR) is 91.7 cm³/mol. The lowest BCUT2D eigenvalue weighted by Gasteiger charge is -2.10. The van der Waals surface area contributed by atoms with E-state index in [1.807, 2.05) is 12.1 Å². The summed E-state index contributed by atoms with van der Waals surface area (Å²) in [7, 11) is 0. The van der Waals surface area contributed by atoms with Crippen molar-refractivity contribution in [3.05, 3.63) is 35.2 Å². The van der Waals surface area contributed by atoms with Gasteiger partial charge >= 0.3 is 0 Å². The standard InChI is InChI=1S/C17H21ClN4O2/c18-13-8-6-12(7-9-13)17-21-16(24-22-17)5-1-4-15(23)20-11-14-3-2-10-19-14/h6-9,14,19H,1-5,10-11H2,(H,20,23). The maximum absolute atomic E-state index is 11.8. The van der Waals surface area contributed by atoms with Crippen LogP contribution in [-0.2, 0) is 11.2 Å². The molecule has 1 fully saturated rings. The van der Waals surface area contributed by atoms with Gasteiger partial charge in [-0.3, -0.25) is 4.79 Å². The molecule has 6 nitrogen and oxygen atoms in total. The van der Waals surface area contributed by atoms with Gasteiger partial charge in [0.25, 0.3) is 0 Å². The number of amides is 1. The first-order valence-corrected chi connectivity index (χ1v) is 8.67. The number of nitrogens with zero attached hydrogens (tertiary/aromatic N) is 2. The Hall–Kier alpha value is -1.92. The molecule has 2 aromatic rings. The third-order valence-corrected chi connectivity index (χ3v) is 4.32. The molecular formula is C17H21ClN4O2. The average molecular weight is 349 g/mol. The second kappa shape index (κ2) is 8.26. The van der Waals surface area contributed by atoms with Crippen LogP contribution in [0.25, 0.3) is 11.4 Å². The number of rotatable bonds is 7. The van der Waals surface area contributed by atoms with Crippen molar-refractivity contribution in [3.8, 4) is 11.4 Å². The fourth-order valence-electron chi connectivity index (χ4n) is 2.73. The van der Waals surface area contributed by atoms with Gasteiger partial charge in [-0.15, -0.1) is 0 Å². The van der Waals surface area contributed by atoms with Crippen molar-refractivity contribution in [1.82, 2.24) is 20.8 Å². The second-order valence-electron chi connectivity index (χ2n) is 5.97. The zero-order valence-electron chi connectivity index (χ0n) is 13.4. The summed E-state index contributed by atoms with van der Waals surface area (Å²) in [5.74, 6) is 1.16. The molecule has 1 atom stereocenters. The number of hydrogen-bond acceptors (Lipinski definition) is 5. The lowest BCUT2D eigenvalue weighted by atomic mass is 10.2. The zero-order chi connectivity index (χ0) is 16.8. The molecule has 7 heteroatoms. The molecule has 0 radical (unpaired) electrons. The molecule has 1 unspecified atom stereocenters. The Bertz CT molecular complexity index is 665. The van der Waals surface area contributed by atoms with E-state index in [0.29, 0.717) is 48.6 Å². The van der Waals surface area contributed by atoms with Crippen LogP contribution in [0.1, 0.15) is 31.6 Å². The molecule has 1 aromatic heterocycles. The van der Waals surface area contributed by atoms with E-state index in [2.05, 4.69) is 20.8 Å². The Morgan fingerprint density at radius 3 is 2.96 bits per heavy atom. The first-order chi connectivity index (χ1) is 11.7. The first-order valence-electron chi connectivity index (χ1n) is 8.29. The first kappa shape index (κ1) is 16.9. The minimum atomic E-state index is 0.0705. The van der Waals surface area contributed by atoms with Gasteiger partial charge in [0, 0.05) is 36.0 Å². The molecule has 3 rings (SSSR count). The predicted octanol–water partition coefficient (Wildman–Crippen LogP) is 2.58. The van der Waals surface area contributed by atoms with Gasteiger partial charge in [-0.1, -0.05) is 16.8 Å². The molecule has 2 N–H and O–H groups in total. The van der Waals surface area contributed by atoms with Gasteiger partial charge in [0.1, 0.15) is 0 Å². The van der Waals surface area contributed by atoms with Gasteiger partial charge in [-0.25, -0.2) is 0 Å². The number of carbonyl (C=O) groups is 1. The highest BCUT2D eigenvalue weighted by atomic mass is 35.5. The summed E-state index contributed by atoms with van der Waals surface area (Å²) in [5.41, 5.74) is 0.858. The van der Waals surface area contributed by atoms with E-state index in [1.165, 1.54) is 6.42 Å². The highest BCUT2D eigenvalue weighted by Gasteiger charge is 2.15. The number of hydrogen-bond donors (Lipinski definition) is 2. The Labute approximate surface area is 146 Å². The summed E-state index contributed by atoms with van der Waals surface area (Å²) in [6.45, 7) is 1.76. The van der Waals surface area contributed by atoms with Gasteiger partial charge in [-0.2, -0.15) is 4.98 Å². The lowest BCUT2D eigenvalue weighted by Crippen LogP contribution is -2.37. The van der Waals surface area contributed by atoms with Crippen LogP contribution in [0, 0.1) is 0 Å². The van der Waals surface area contributed by atoms with Crippen LogP contribution in [0.3, 0.4) is 0 Å². The molecule has 1 saturated heterocycles. The normalized spacial score (nSPS) is 17.1. The Kier molecular flexibility index (Phi) is 5.82. The van der Waals surface area contributed by atoms with Crippen LogP contribution in [0.2, 0.25) is 5.02 Å². The summed E-state index contributed by atoms with van der Waals surface area (Å²) >= 11 is 5.86. The molecule has 0 saturated carbocycles. The largest absolute Gasteiger partial charge is 0.355 e. The van der Waals surface area contributed by atoms with Crippen LogP contribution < -0.4 is 10.6 Å².